The van der Waals surface area contributed by atoms with Crippen molar-refractivity contribution in [2.75, 3.05) is 13.2 Å². The first-order chi connectivity index (χ1) is 11.5. The van der Waals surface area contributed by atoms with E-state index in [0.29, 0.717) is 23.4 Å². The van der Waals surface area contributed by atoms with Crippen LogP contribution in [0.1, 0.15) is 37.4 Å². The largest absolute Gasteiger partial charge is 0.454 e. The van der Waals surface area contributed by atoms with Gasteiger partial charge in [-0.1, -0.05) is 18.2 Å². The number of carbonyl (C=O) groups is 3. The summed E-state index contributed by atoms with van der Waals surface area (Å²) in [7, 11) is 0. The van der Waals surface area contributed by atoms with E-state index in [2.05, 4.69) is 5.32 Å². The summed E-state index contributed by atoms with van der Waals surface area (Å²) in [6.45, 7) is 3.54. The maximum atomic E-state index is 12.1. The number of ether oxygens (including phenoxy) is 1. The summed E-state index contributed by atoms with van der Waals surface area (Å²) in [5.41, 5.74) is 1.28. The van der Waals surface area contributed by atoms with Crippen molar-refractivity contribution in [3.8, 4) is 0 Å². The fourth-order valence-electron chi connectivity index (χ4n) is 2.11. The Bertz CT molecular complexity index is 751. The molecule has 0 saturated heterocycles. The van der Waals surface area contributed by atoms with Gasteiger partial charge in [0.05, 0.1) is 10.4 Å². The SMILES string of the molecule is CC(=O)NCCc1ccc(C(=O)COC(=O)c2ccccc2C)s1. The monoisotopic (exact) mass is 345 g/mol. The minimum absolute atomic E-state index is 0.0778. The number of nitrogens with one attached hydrogen (secondary N) is 1. The highest BCUT2D eigenvalue weighted by atomic mass is 32.1. The Labute approximate surface area is 144 Å². The molecule has 24 heavy (non-hydrogen) atoms. The second-order valence-electron chi connectivity index (χ2n) is 5.31. The average molecular weight is 345 g/mol. The number of amides is 1. The first-order valence-corrected chi connectivity index (χ1v) is 8.38. The van der Waals surface area contributed by atoms with Gasteiger partial charge < -0.3 is 10.1 Å². The number of thiophene rings is 1. The number of Topliss-reactive ketones (excluding diaryl/α,β-unsaturated/α-hetero) is 1. The zero-order valence-electron chi connectivity index (χ0n) is 13.6. The lowest BCUT2D eigenvalue weighted by atomic mass is 10.1. The molecule has 1 N–H and O–H groups in total. The number of carbonyl (C=O) groups excluding carboxylic acids is 3. The topological polar surface area (TPSA) is 72.5 Å². The predicted molar refractivity (Wildman–Crippen MR) is 92.5 cm³/mol. The zero-order valence-corrected chi connectivity index (χ0v) is 14.4. The van der Waals surface area contributed by atoms with Gasteiger partial charge in [0.15, 0.2) is 6.61 Å². The fourth-order valence-corrected chi connectivity index (χ4v) is 3.04. The molecular formula is C18H19NO4S. The average Bonchev–Trinajstić information content (AvgIpc) is 3.01. The molecule has 0 saturated carbocycles. The molecule has 0 aliphatic heterocycles. The van der Waals surface area contributed by atoms with Crippen LogP contribution in [0.25, 0.3) is 0 Å². The molecule has 0 radical (unpaired) electrons. The molecule has 0 aliphatic carbocycles. The van der Waals surface area contributed by atoms with Crippen LogP contribution in [0.15, 0.2) is 36.4 Å². The third-order valence-electron chi connectivity index (χ3n) is 3.38. The smallest absolute Gasteiger partial charge is 0.338 e. The third kappa shape index (κ3) is 5.03. The first-order valence-electron chi connectivity index (χ1n) is 7.56. The van der Waals surface area contributed by atoms with Crippen molar-refractivity contribution >= 4 is 29.0 Å². The van der Waals surface area contributed by atoms with Crippen LogP contribution in [0.3, 0.4) is 0 Å². The molecule has 5 nitrogen and oxygen atoms in total. The summed E-state index contributed by atoms with van der Waals surface area (Å²) < 4.78 is 5.11. The van der Waals surface area contributed by atoms with Crippen molar-refractivity contribution in [1.82, 2.24) is 5.32 Å². The molecular weight excluding hydrogens is 326 g/mol. The minimum atomic E-state index is -0.496. The molecule has 6 heteroatoms. The second kappa shape index (κ2) is 8.40. The van der Waals surface area contributed by atoms with E-state index in [9.17, 15) is 14.4 Å². The lowest BCUT2D eigenvalue weighted by molar-refractivity contribution is -0.118. The highest BCUT2D eigenvalue weighted by Gasteiger charge is 2.15. The Morgan fingerprint density at radius 3 is 2.58 bits per heavy atom. The molecule has 0 aliphatic rings. The Balaban J connectivity index is 1.86. The van der Waals surface area contributed by atoms with Crippen LogP contribution in [0, 0.1) is 6.92 Å². The molecule has 2 aromatic rings. The lowest BCUT2D eigenvalue weighted by Gasteiger charge is -2.05. The molecule has 0 spiro atoms. The van der Waals surface area contributed by atoms with Gasteiger partial charge in [-0.3, -0.25) is 9.59 Å². The van der Waals surface area contributed by atoms with Crippen molar-refractivity contribution in [1.29, 1.82) is 0 Å². The molecule has 1 aromatic carbocycles. The number of aryl methyl sites for hydroxylation is 1. The number of esters is 1. The fraction of sp³-hybridized carbons (Fsp3) is 0.278. The molecule has 1 heterocycles. The maximum Gasteiger partial charge on any atom is 0.338 e. The van der Waals surface area contributed by atoms with Crippen LogP contribution in [0.5, 0.6) is 0 Å². The summed E-state index contributed by atoms with van der Waals surface area (Å²) in [6, 6.07) is 10.7. The second-order valence-corrected chi connectivity index (χ2v) is 6.48. The Morgan fingerprint density at radius 1 is 1.12 bits per heavy atom. The first kappa shape index (κ1) is 17.9. The van der Waals surface area contributed by atoms with Gasteiger partial charge >= 0.3 is 5.97 Å². The summed E-state index contributed by atoms with van der Waals surface area (Å²) in [5.74, 6) is -0.803. The third-order valence-corrected chi connectivity index (χ3v) is 4.57. The molecule has 1 aromatic heterocycles. The van der Waals surface area contributed by atoms with E-state index in [1.807, 2.05) is 25.1 Å². The molecule has 1 amide bonds. The van der Waals surface area contributed by atoms with Gasteiger partial charge in [-0.2, -0.15) is 0 Å². The van der Waals surface area contributed by atoms with Crippen LogP contribution < -0.4 is 5.32 Å². The standard InChI is InChI=1S/C18H19NO4S/c1-12-5-3-4-6-15(12)18(22)23-11-16(21)17-8-7-14(24-17)9-10-19-13(2)20/h3-8H,9-11H2,1-2H3,(H,19,20). The van der Waals surface area contributed by atoms with E-state index >= 15 is 0 Å². The Kier molecular flexibility index (Phi) is 6.26. The Morgan fingerprint density at radius 2 is 1.88 bits per heavy atom. The number of ketones is 1. The highest BCUT2D eigenvalue weighted by Crippen LogP contribution is 2.18. The van der Waals surface area contributed by atoms with Gasteiger partial charge in [0.1, 0.15) is 0 Å². The van der Waals surface area contributed by atoms with E-state index in [1.165, 1.54) is 18.3 Å². The summed E-state index contributed by atoms with van der Waals surface area (Å²) >= 11 is 1.35. The normalized spacial score (nSPS) is 10.2. The summed E-state index contributed by atoms with van der Waals surface area (Å²) in [6.07, 6.45) is 0.667. The zero-order chi connectivity index (χ0) is 17.5. The number of hydrogen-bond acceptors (Lipinski definition) is 5. The van der Waals surface area contributed by atoms with E-state index in [1.54, 1.807) is 18.2 Å². The van der Waals surface area contributed by atoms with Gasteiger partial charge in [-0.25, -0.2) is 4.79 Å². The predicted octanol–water partition coefficient (Wildman–Crippen LogP) is 2.77. The quantitative estimate of drug-likeness (QED) is 0.619. The van der Waals surface area contributed by atoms with Crippen LogP contribution >= 0.6 is 11.3 Å². The van der Waals surface area contributed by atoms with Gasteiger partial charge in [0.25, 0.3) is 0 Å². The van der Waals surface area contributed by atoms with Crippen LogP contribution in [0.2, 0.25) is 0 Å². The molecule has 0 fully saturated rings. The highest BCUT2D eigenvalue weighted by molar-refractivity contribution is 7.14. The number of benzene rings is 1. The Hall–Kier alpha value is -2.47. The summed E-state index contributed by atoms with van der Waals surface area (Å²) in [5, 5.41) is 2.71. The molecule has 126 valence electrons. The van der Waals surface area contributed by atoms with Crippen molar-refractivity contribution in [2.24, 2.45) is 0 Å². The van der Waals surface area contributed by atoms with Gasteiger partial charge in [0, 0.05) is 18.3 Å². The van der Waals surface area contributed by atoms with E-state index in [-0.39, 0.29) is 18.3 Å². The van der Waals surface area contributed by atoms with Crippen molar-refractivity contribution < 1.29 is 19.1 Å². The van der Waals surface area contributed by atoms with Crippen LogP contribution in [-0.2, 0) is 16.0 Å². The molecule has 0 atom stereocenters. The van der Waals surface area contributed by atoms with Crippen molar-refractivity contribution in [2.45, 2.75) is 20.3 Å². The number of rotatable bonds is 7. The van der Waals surface area contributed by atoms with Crippen molar-refractivity contribution in [3.63, 3.8) is 0 Å². The van der Waals surface area contributed by atoms with Gasteiger partial charge in [-0.15, -0.1) is 11.3 Å². The lowest BCUT2D eigenvalue weighted by Crippen LogP contribution is -2.22. The minimum Gasteiger partial charge on any atom is -0.454 e. The molecule has 0 bridgehead atoms. The van der Waals surface area contributed by atoms with E-state index < -0.39 is 5.97 Å². The van der Waals surface area contributed by atoms with E-state index in [4.69, 9.17) is 4.74 Å². The van der Waals surface area contributed by atoms with Crippen LogP contribution in [-0.4, -0.2) is 30.8 Å². The maximum absolute atomic E-state index is 12.1. The van der Waals surface area contributed by atoms with Crippen LogP contribution in [0.4, 0.5) is 0 Å². The molecule has 2 rings (SSSR count). The summed E-state index contributed by atoms with van der Waals surface area (Å²) in [4.78, 5) is 36.5. The van der Waals surface area contributed by atoms with E-state index in [0.717, 1.165) is 10.4 Å². The van der Waals surface area contributed by atoms with Gasteiger partial charge in [-0.05, 0) is 37.1 Å². The number of hydrogen-bond donors (Lipinski definition) is 1. The molecule has 0 unspecified atom stereocenters. The van der Waals surface area contributed by atoms with Gasteiger partial charge in [0.2, 0.25) is 11.7 Å². The van der Waals surface area contributed by atoms with Crippen molar-refractivity contribution in [3.05, 3.63) is 57.3 Å².